The molecule has 0 aliphatic carbocycles. The number of para-hydroxylation sites is 1. The van der Waals surface area contributed by atoms with Crippen LogP contribution < -0.4 is 10.1 Å². The van der Waals surface area contributed by atoms with E-state index in [0.29, 0.717) is 17.8 Å². The molecule has 1 aromatic heterocycles. The standard InChI is InChI=1S/C19H15F4NOS/c1-12-10-13(6-8-17(12)25-19(21,22)23)18-9-7-14(26-18)11-24-16-5-3-2-4-15(16)20/h2-10,24H,11H2,1H3. The number of halogens is 4. The normalized spacial score (nSPS) is 11.4. The smallest absolute Gasteiger partial charge is 0.406 e. The van der Waals surface area contributed by atoms with Crippen LogP contribution in [0, 0.1) is 12.7 Å². The number of benzene rings is 2. The minimum absolute atomic E-state index is 0.209. The van der Waals surface area contributed by atoms with Crippen molar-refractivity contribution in [2.24, 2.45) is 0 Å². The summed E-state index contributed by atoms with van der Waals surface area (Å²) in [6, 6.07) is 14.8. The Hall–Kier alpha value is -2.54. The summed E-state index contributed by atoms with van der Waals surface area (Å²) < 4.78 is 54.6. The lowest BCUT2D eigenvalue weighted by molar-refractivity contribution is -0.274. The molecule has 0 aliphatic heterocycles. The summed E-state index contributed by atoms with van der Waals surface area (Å²) >= 11 is 1.49. The van der Waals surface area contributed by atoms with Gasteiger partial charge in [-0.3, -0.25) is 0 Å². The van der Waals surface area contributed by atoms with Crippen molar-refractivity contribution < 1.29 is 22.3 Å². The predicted molar refractivity (Wildman–Crippen MR) is 94.9 cm³/mol. The molecule has 2 aromatic carbocycles. The zero-order valence-corrected chi connectivity index (χ0v) is 14.5. The van der Waals surface area contributed by atoms with Gasteiger partial charge in [0.2, 0.25) is 0 Å². The van der Waals surface area contributed by atoms with Gasteiger partial charge in [-0.1, -0.05) is 12.1 Å². The second-order valence-corrected chi connectivity index (χ2v) is 6.80. The maximum Gasteiger partial charge on any atom is 0.573 e. The monoisotopic (exact) mass is 381 g/mol. The first-order valence-electron chi connectivity index (χ1n) is 7.76. The summed E-state index contributed by atoms with van der Waals surface area (Å²) in [6.45, 7) is 2.03. The number of nitrogens with one attached hydrogen (secondary N) is 1. The third-order valence-corrected chi connectivity index (χ3v) is 4.81. The van der Waals surface area contributed by atoms with E-state index in [1.807, 2.05) is 12.1 Å². The number of anilines is 1. The third kappa shape index (κ3) is 4.54. The fraction of sp³-hybridized carbons (Fsp3) is 0.158. The molecule has 136 valence electrons. The van der Waals surface area contributed by atoms with Crippen molar-refractivity contribution in [3.8, 4) is 16.2 Å². The van der Waals surface area contributed by atoms with Gasteiger partial charge in [0.1, 0.15) is 11.6 Å². The van der Waals surface area contributed by atoms with E-state index in [0.717, 1.165) is 15.3 Å². The number of ether oxygens (including phenoxy) is 1. The Morgan fingerprint density at radius 3 is 2.50 bits per heavy atom. The number of hydrogen-bond acceptors (Lipinski definition) is 3. The Labute approximate surface area is 152 Å². The lowest BCUT2D eigenvalue weighted by Gasteiger charge is -2.12. The van der Waals surface area contributed by atoms with Gasteiger partial charge in [-0.05, 0) is 60.5 Å². The van der Waals surface area contributed by atoms with Crippen LogP contribution in [0.2, 0.25) is 0 Å². The molecule has 0 bridgehead atoms. The first-order chi connectivity index (χ1) is 12.3. The third-order valence-electron chi connectivity index (χ3n) is 3.67. The molecule has 0 spiro atoms. The summed E-state index contributed by atoms with van der Waals surface area (Å²) in [6.07, 6.45) is -4.71. The average molecular weight is 381 g/mol. The van der Waals surface area contributed by atoms with E-state index < -0.39 is 6.36 Å². The van der Waals surface area contributed by atoms with E-state index >= 15 is 0 Å². The van der Waals surface area contributed by atoms with Crippen molar-refractivity contribution in [1.29, 1.82) is 0 Å². The highest BCUT2D eigenvalue weighted by molar-refractivity contribution is 7.15. The van der Waals surface area contributed by atoms with Gasteiger partial charge in [0.25, 0.3) is 0 Å². The molecule has 1 N–H and O–H groups in total. The molecule has 0 radical (unpaired) electrons. The molecular formula is C19H15F4NOS. The van der Waals surface area contributed by atoms with Crippen molar-refractivity contribution in [3.63, 3.8) is 0 Å². The molecule has 0 unspecified atom stereocenters. The predicted octanol–water partition coefficient (Wildman–Crippen LogP) is 6.37. The van der Waals surface area contributed by atoms with Crippen LogP contribution in [0.25, 0.3) is 10.4 Å². The molecule has 3 rings (SSSR count). The molecule has 0 aliphatic rings. The summed E-state index contributed by atoms with van der Waals surface area (Å²) in [5.41, 5.74) is 1.63. The van der Waals surface area contributed by atoms with Crippen LogP contribution in [0.4, 0.5) is 23.2 Å². The van der Waals surface area contributed by atoms with Gasteiger partial charge in [0.15, 0.2) is 0 Å². The first-order valence-corrected chi connectivity index (χ1v) is 8.57. The number of rotatable bonds is 5. The summed E-state index contributed by atoms with van der Waals surface area (Å²) in [5.74, 6) is -0.528. The van der Waals surface area contributed by atoms with Crippen LogP contribution >= 0.6 is 11.3 Å². The molecule has 0 fully saturated rings. The highest BCUT2D eigenvalue weighted by Crippen LogP contribution is 2.33. The average Bonchev–Trinajstić information content (AvgIpc) is 3.04. The van der Waals surface area contributed by atoms with Crippen molar-refractivity contribution >= 4 is 17.0 Å². The highest BCUT2D eigenvalue weighted by atomic mass is 32.1. The second-order valence-electron chi connectivity index (χ2n) is 5.63. The van der Waals surface area contributed by atoms with Gasteiger partial charge >= 0.3 is 6.36 Å². The number of hydrogen-bond donors (Lipinski definition) is 1. The summed E-state index contributed by atoms with van der Waals surface area (Å²) in [7, 11) is 0. The van der Waals surface area contributed by atoms with Crippen molar-refractivity contribution in [1.82, 2.24) is 0 Å². The molecule has 3 aromatic rings. The number of alkyl halides is 3. The van der Waals surface area contributed by atoms with Gasteiger partial charge in [-0.2, -0.15) is 0 Å². The topological polar surface area (TPSA) is 21.3 Å². The molecule has 7 heteroatoms. The van der Waals surface area contributed by atoms with Crippen LogP contribution in [0.5, 0.6) is 5.75 Å². The molecule has 1 heterocycles. The molecular weight excluding hydrogens is 366 g/mol. The van der Waals surface area contributed by atoms with Gasteiger partial charge < -0.3 is 10.1 Å². The quantitative estimate of drug-likeness (QED) is 0.518. The summed E-state index contributed by atoms with van der Waals surface area (Å²) in [4.78, 5) is 1.90. The maximum absolute atomic E-state index is 13.6. The molecule has 0 saturated carbocycles. The SMILES string of the molecule is Cc1cc(-c2ccc(CNc3ccccc3F)s2)ccc1OC(F)(F)F. The molecule has 0 saturated heterocycles. The van der Waals surface area contributed by atoms with Crippen LogP contribution in [0.1, 0.15) is 10.4 Å². The fourth-order valence-electron chi connectivity index (χ4n) is 2.46. The Morgan fingerprint density at radius 2 is 1.81 bits per heavy atom. The summed E-state index contributed by atoms with van der Waals surface area (Å²) in [5, 5.41) is 3.03. The minimum Gasteiger partial charge on any atom is -0.406 e. The zero-order chi connectivity index (χ0) is 18.7. The van der Waals surface area contributed by atoms with Gasteiger partial charge in [-0.25, -0.2) is 4.39 Å². The van der Waals surface area contributed by atoms with Crippen LogP contribution in [-0.4, -0.2) is 6.36 Å². The van der Waals surface area contributed by atoms with Crippen molar-refractivity contribution in [2.45, 2.75) is 19.8 Å². The van der Waals surface area contributed by atoms with Crippen LogP contribution in [0.15, 0.2) is 54.6 Å². The highest BCUT2D eigenvalue weighted by Gasteiger charge is 2.31. The van der Waals surface area contributed by atoms with Gasteiger partial charge in [-0.15, -0.1) is 24.5 Å². The van der Waals surface area contributed by atoms with Crippen molar-refractivity contribution in [3.05, 3.63) is 70.9 Å². The molecule has 0 atom stereocenters. The van der Waals surface area contributed by atoms with Crippen LogP contribution in [-0.2, 0) is 6.54 Å². The van der Waals surface area contributed by atoms with E-state index in [1.54, 1.807) is 37.3 Å². The minimum atomic E-state index is -4.71. The fourth-order valence-corrected chi connectivity index (χ4v) is 3.40. The lowest BCUT2D eigenvalue weighted by Crippen LogP contribution is -2.17. The Balaban J connectivity index is 1.71. The Bertz CT molecular complexity index is 905. The van der Waals surface area contributed by atoms with E-state index in [9.17, 15) is 17.6 Å². The van der Waals surface area contributed by atoms with E-state index in [4.69, 9.17) is 0 Å². The van der Waals surface area contributed by atoms with Gasteiger partial charge in [0, 0.05) is 16.3 Å². The Morgan fingerprint density at radius 1 is 1.04 bits per heavy atom. The largest absolute Gasteiger partial charge is 0.573 e. The first kappa shape index (κ1) is 18.3. The second kappa shape index (κ2) is 7.37. The van der Waals surface area contributed by atoms with E-state index in [-0.39, 0.29) is 11.6 Å². The zero-order valence-electron chi connectivity index (χ0n) is 13.7. The van der Waals surface area contributed by atoms with Gasteiger partial charge in [0.05, 0.1) is 5.69 Å². The number of aryl methyl sites for hydroxylation is 1. The Kier molecular flexibility index (Phi) is 5.18. The molecule has 0 amide bonds. The maximum atomic E-state index is 13.6. The molecule has 26 heavy (non-hydrogen) atoms. The van der Waals surface area contributed by atoms with Crippen molar-refractivity contribution in [2.75, 3.05) is 5.32 Å². The number of thiophene rings is 1. The van der Waals surface area contributed by atoms with E-state index in [1.165, 1.54) is 23.5 Å². The van der Waals surface area contributed by atoms with Crippen LogP contribution in [0.3, 0.4) is 0 Å². The lowest BCUT2D eigenvalue weighted by atomic mass is 10.1. The molecule has 2 nitrogen and oxygen atoms in total. The van der Waals surface area contributed by atoms with E-state index in [2.05, 4.69) is 10.1 Å².